The third kappa shape index (κ3) is 1.42. The summed E-state index contributed by atoms with van der Waals surface area (Å²) in [6.45, 7) is 1.03. The summed E-state index contributed by atoms with van der Waals surface area (Å²) in [5, 5.41) is 4.17. The molecule has 1 aliphatic heterocycles. The highest BCUT2D eigenvalue weighted by Gasteiger charge is 2.18. The topological polar surface area (TPSA) is 12.0 Å². The van der Waals surface area contributed by atoms with E-state index in [1.165, 1.54) is 12.0 Å². The summed E-state index contributed by atoms with van der Waals surface area (Å²) >= 11 is 8.51. The maximum atomic E-state index is 6.04. The third-order valence-electron chi connectivity index (χ3n) is 2.08. The Bertz CT molecular complexity index is 301. The maximum absolute atomic E-state index is 6.04. The van der Waals surface area contributed by atoms with Gasteiger partial charge >= 0.3 is 0 Å². The van der Waals surface area contributed by atoms with Gasteiger partial charge in [0.1, 0.15) is 0 Å². The zero-order valence-electron chi connectivity index (χ0n) is 6.48. The molecule has 0 fully saturated rings. The summed E-state index contributed by atoms with van der Waals surface area (Å²) in [6.07, 6.45) is 1.19. The first-order chi connectivity index (χ1) is 5.79. The molecule has 1 atom stereocenters. The zero-order valence-corrected chi connectivity index (χ0v) is 9.39. The molecule has 1 aromatic rings. The highest BCUT2D eigenvalue weighted by Crippen LogP contribution is 2.39. The van der Waals surface area contributed by atoms with Crippen molar-refractivity contribution in [3.63, 3.8) is 0 Å². The molecular formula is C9H9ClIN. The Morgan fingerprint density at radius 2 is 2.33 bits per heavy atom. The molecule has 0 saturated carbocycles. The summed E-state index contributed by atoms with van der Waals surface area (Å²) in [5.74, 6) is 0. The molecule has 0 aromatic heterocycles. The molecule has 1 aromatic carbocycles. The number of fused-ring (bicyclic) bond motifs is 1. The highest BCUT2D eigenvalue weighted by atomic mass is 127. The number of rotatable bonds is 0. The SMILES string of the molecule is Clc1cccc2c1NCCC2I. The van der Waals surface area contributed by atoms with E-state index in [1.54, 1.807) is 0 Å². The van der Waals surface area contributed by atoms with Gasteiger partial charge in [-0.05, 0) is 18.1 Å². The lowest BCUT2D eigenvalue weighted by Gasteiger charge is -2.23. The lowest BCUT2D eigenvalue weighted by Crippen LogP contribution is -2.13. The number of benzene rings is 1. The van der Waals surface area contributed by atoms with Crippen LogP contribution in [0.25, 0.3) is 0 Å². The fourth-order valence-corrected chi connectivity index (χ4v) is 2.55. The normalized spacial score (nSPS) is 21.3. The number of para-hydroxylation sites is 1. The molecule has 0 spiro atoms. The van der Waals surface area contributed by atoms with Crippen molar-refractivity contribution in [3.05, 3.63) is 28.8 Å². The van der Waals surface area contributed by atoms with Crippen LogP contribution in [0.1, 0.15) is 15.9 Å². The van der Waals surface area contributed by atoms with Crippen LogP contribution >= 0.6 is 34.2 Å². The molecule has 1 aliphatic rings. The Morgan fingerprint density at radius 3 is 3.08 bits per heavy atom. The average molecular weight is 294 g/mol. The van der Waals surface area contributed by atoms with E-state index in [9.17, 15) is 0 Å². The predicted octanol–water partition coefficient (Wildman–Crippen LogP) is 3.63. The van der Waals surface area contributed by atoms with Gasteiger partial charge in [-0.3, -0.25) is 0 Å². The van der Waals surface area contributed by atoms with Gasteiger partial charge in [0.25, 0.3) is 0 Å². The van der Waals surface area contributed by atoms with E-state index >= 15 is 0 Å². The lowest BCUT2D eigenvalue weighted by atomic mass is 10.0. The van der Waals surface area contributed by atoms with E-state index in [0.717, 1.165) is 17.3 Å². The van der Waals surface area contributed by atoms with E-state index in [0.29, 0.717) is 3.92 Å². The van der Waals surface area contributed by atoms with E-state index < -0.39 is 0 Å². The van der Waals surface area contributed by atoms with Crippen LogP contribution in [0.5, 0.6) is 0 Å². The molecule has 0 aliphatic carbocycles. The van der Waals surface area contributed by atoms with E-state index in [4.69, 9.17) is 11.6 Å². The first-order valence-electron chi connectivity index (χ1n) is 3.95. The summed E-state index contributed by atoms with van der Waals surface area (Å²) in [5.41, 5.74) is 2.47. The van der Waals surface area contributed by atoms with Crippen molar-refractivity contribution in [2.45, 2.75) is 10.3 Å². The summed E-state index contributed by atoms with van der Waals surface area (Å²) in [4.78, 5) is 0. The first-order valence-corrected chi connectivity index (χ1v) is 5.58. The largest absolute Gasteiger partial charge is 0.384 e. The van der Waals surface area contributed by atoms with Crippen LogP contribution in [0.2, 0.25) is 5.02 Å². The molecule has 2 rings (SSSR count). The zero-order chi connectivity index (χ0) is 8.55. The van der Waals surface area contributed by atoms with Crippen LogP contribution in [0.15, 0.2) is 18.2 Å². The molecule has 64 valence electrons. The minimum Gasteiger partial charge on any atom is -0.384 e. The summed E-state index contributed by atoms with van der Waals surface area (Å²) < 4.78 is 0.609. The first kappa shape index (κ1) is 8.63. The highest BCUT2D eigenvalue weighted by molar-refractivity contribution is 14.1. The maximum Gasteiger partial charge on any atom is 0.0640 e. The molecule has 1 unspecified atom stereocenters. The van der Waals surface area contributed by atoms with Gasteiger partial charge in [-0.1, -0.05) is 46.3 Å². The molecule has 0 radical (unpaired) electrons. The van der Waals surface area contributed by atoms with Gasteiger partial charge in [-0.2, -0.15) is 0 Å². The van der Waals surface area contributed by atoms with Crippen LogP contribution in [0.3, 0.4) is 0 Å². The monoisotopic (exact) mass is 293 g/mol. The molecule has 0 amide bonds. The number of hydrogen-bond acceptors (Lipinski definition) is 1. The molecule has 1 heterocycles. The minimum atomic E-state index is 0.609. The van der Waals surface area contributed by atoms with Gasteiger partial charge in [0.2, 0.25) is 0 Å². The van der Waals surface area contributed by atoms with Gasteiger partial charge in [0, 0.05) is 10.5 Å². The van der Waals surface area contributed by atoms with Crippen molar-refractivity contribution in [1.82, 2.24) is 0 Å². The Labute approximate surface area is 90.6 Å². The second-order valence-corrected chi connectivity index (χ2v) is 4.80. The quantitative estimate of drug-likeness (QED) is 0.569. The van der Waals surface area contributed by atoms with Crippen molar-refractivity contribution in [3.8, 4) is 0 Å². The number of hydrogen-bond donors (Lipinski definition) is 1. The smallest absolute Gasteiger partial charge is 0.0640 e. The second-order valence-electron chi connectivity index (χ2n) is 2.89. The van der Waals surface area contributed by atoms with Gasteiger partial charge < -0.3 is 5.32 Å². The molecule has 3 heteroatoms. The number of anilines is 1. The molecule has 0 bridgehead atoms. The summed E-state index contributed by atoms with van der Waals surface area (Å²) in [6, 6.07) is 6.09. The fraction of sp³-hybridized carbons (Fsp3) is 0.333. The van der Waals surface area contributed by atoms with Crippen molar-refractivity contribution in [2.75, 3.05) is 11.9 Å². The predicted molar refractivity (Wildman–Crippen MR) is 61.3 cm³/mol. The van der Waals surface area contributed by atoms with Crippen molar-refractivity contribution < 1.29 is 0 Å². The molecule has 0 saturated heterocycles. The molecule has 1 N–H and O–H groups in total. The van der Waals surface area contributed by atoms with Gasteiger partial charge in [-0.15, -0.1) is 0 Å². The van der Waals surface area contributed by atoms with Gasteiger partial charge in [-0.25, -0.2) is 0 Å². The van der Waals surface area contributed by atoms with Crippen molar-refractivity contribution in [1.29, 1.82) is 0 Å². The number of nitrogens with one attached hydrogen (secondary N) is 1. The van der Waals surface area contributed by atoms with Gasteiger partial charge in [0.05, 0.1) is 10.7 Å². The Kier molecular flexibility index (Phi) is 2.46. The molecular weight excluding hydrogens is 284 g/mol. The third-order valence-corrected chi connectivity index (χ3v) is 3.69. The molecule has 12 heavy (non-hydrogen) atoms. The Morgan fingerprint density at radius 1 is 1.50 bits per heavy atom. The van der Waals surface area contributed by atoms with Crippen LogP contribution in [0, 0.1) is 0 Å². The fourth-order valence-electron chi connectivity index (χ4n) is 1.47. The van der Waals surface area contributed by atoms with Crippen molar-refractivity contribution >= 4 is 39.9 Å². The Balaban J connectivity index is 2.52. The molecule has 1 nitrogen and oxygen atoms in total. The summed E-state index contributed by atoms with van der Waals surface area (Å²) in [7, 11) is 0. The van der Waals surface area contributed by atoms with Crippen LogP contribution in [-0.2, 0) is 0 Å². The van der Waals surface area contributed by atoms with Crippen LogP contribution in [-0.4, -0.2) is 6.54 Å². The van der Waals surface area contributed by atoms with Gasteiger partial charge in [0.15, 0.2) is 0 Å². The van der Waals surface area contributed by atoms with Crippen molar-refractivity contribution in [2.24, 2.45) is 0 Å². The van der Waals surface area contributed by atoms with E-state index in [1.807, 2.05) is 12.1 Å². The van der Waals surface area contributed by atoms with E-state index in [2.05, 4.69) is 34.0 Å². The van der Waals surface area contributed by atoms with Crippen LogP contribution < -0.4 is 5.32 Å². The number of alkyl halides is 1. The minimum absolute atomic E-state index is 0.609. The Hall–Kier alpha value is 0.0400. The average Bonchev–Trinajstić information content (AvgIpc) is 2.07. The van der Waals surface area contributed by atoms with E-state index in [-0.39, 0.29) is 0 Å². The second kappa shape index (κ2) is 3.42. The number of halogens is 2. The standard InChI is InChI=1S/C9H9ClIN/c10-7-3-1-2-6-8(11)4-5-12-9(6)7/h1-3,8,12H,4-5H2. The van der Waals surface area contributed by atoms with Crippen LogP contribution in [0.4, 0.5) is 5.69 Å². The lowest BCUT2D eigenvalue weighted by molar-refractivity contribution is 0.835.